The van der Waals surface area contributed by atoms with Gasteiger partial charge in [0.15, 0.2) is 5.79 Å². The Kier molecular flexibility index (Phi) is 10.4. The molecule has 2 aliphatic heterocycles. The smallest absolute Gasteiger partial charge is 0.173 e. The van der Waals surface area contributed by atoms with Gasteiger partial charge in [-0.05, 0) is 48.6 Å². The van der Waals surface area contributed by atoms with Crippen LogP contribution in [0.1, 0.15) is 64.5 Å². The van der Waals surface area contributed by atoms with Gasteiger partial charge < -0.3 is 18.9 Å². The second-order valence-electron chi connectivity index (χ2n) is 11.8. The molecule has 0 aromatic heterocycles. The van der Waals surface area contributed by atoms with E-state index in [0.29, 0.717) is 31.0 Å². The van der Waals surface area contributed by atoms with Crippen molar-refractivity contribution in [1.82, 2.24) is 0 Å². The molecule has 0 N–H and O–H groups in total. The molecule has 0 spiro atoms. The molecule has 2 fully saturated rings. The van der Waals surface area contributed by atoms with Crippen LogP contribution in [0.5, 0.6) is 0 Å². The maximum atomic E-state index is 6.78. The number of fused-ring (bicyclic) bond motifs is 2. The van der Waals surface area contributed by atoms with Crippen molar-refractivity contribution in [2.45, 2.75) is 90.7 Å². The summed E-state index contributed by atoms with van der Waals surface area (Å²) < 4.78 is 25.9. The predicted octanol–water partition coefficient (Wildman–Crippen LogP) is 7.88. The lowest BCUT2D eigenvalue weighted by Crippen LogP contribution is -2.60. The van der Waals surface area contributed by atoms with Gasteiger partial charge >= 0.3 is 0 Å². The van der Waals surface area contributed by atoms with Crippen LogP contribution in [0.25, 0.3) is 0 Å². The van der Waals surface area contributed by atoms with Gasteiger partial charge in [0, 0.05) is 19.4 Å². The minimum atomic E-state index is -0.614. The van der Waals surface area contributed by atoms with Crippen LogP contribution in [0, 0.1) is 17.8 Å². The van der Waals surface area contributed by atoms with Crippen molar-refractivity contribution < 1.29 is 18.9 Å². The molecule has 2 heterocycles. The number of rotatable bonds is 13. The Morgan fingerprint density at radius 3 is 2.34 bits per heavy atom. The third-order valence-corrected chi connectivity index (χ3v) is 7.48. The minimum Gasteiger partial charge on any atom is -0.376 e. The predicted molar refractivity (Wildman–Crippen MR) is 154 cm³/mol. The van der Waals surface area contributed by atoms with Crippen molar-refractivity contribution in [1.29, 1.82) is 0 Å². The Labute approximate surface area is 230 Å². The molecule has 2 saturated heterocycles. The van der Waals surface area contributed by atoms with E-state index in [1.54, 1.807) is 0 Å². The summed E-state index contributed by atoms with van der Waals surface area (Å²) in [6, 6.07) is 20.7. The molecule has 4 rings (SSSR count). The summed E-state index contributed by atoms with van der Waals surface area (Å²) in [5.41, 5.74) is 3.46. The highest BCUT2D eigenvalue weighted by Gasteiger charge is 2.52. The number of hydrogen-bond donors (Lipinski definition) is 0. The molecule has 2 aromatic carbocycles. The van der Waals surface area contributed by atoms with Crippen LogP contribution in [0.3, 0.4) is 0 Å². The highest BCUT2D eigenvalue weighted by atomic mass is 16.7. The molecule has 2 aliphatic rings. The van der Waals surface area contributed by atoms with Gasteiger partial charge in [-0.2, -0.15) is 0 Å². The van der Waals surface area contributed by atoms with Gasteiger partial charge in [-0.1, -0.05) is 106 Å². The van der Waals surface area contributed by atoms with Crippen molar-refractivity contribution in [2.24, 2.45) is 17.8 Å². The number of hydrogen-bond acceptors (Lipinski definition) is 4. The van der Waals surface area contributed by atoms with Crippen molar-refractivity contribution >= 4 is 0 Å². The Morgan fingerprint density at radius 2 is 1.68 bits per heavy atom. The minimum absolute atomic E-state index is 0.00540. The molecule has 7 atom stereocenters. The van der Waals surface area contributed by atoms with E-state index in [9.17, 15) is 0 Å². The lowest BCUT2D eigenvalue weighted by atomic mass is 9.83. The summed E-state index contributed by atoms with van der Waals surface area (Å²) in [4.78, 5) is 0. The molecule has 4 nitrogen and oxygen atoms in total. The molecule has 0 amide bonds. The average Bonchev–Trinajstić information content (AvgIpc) is 2.87. The van der Waals surface area contributed by atoms with Gasteiger partial charge in [0.2, 0.25) is 0 Å². The summed E-state index contributed by atoms with van der Waals surface area (Å²) in [6.45, 7) is 15.0. The summed E-state index contributed by atoms with van der Waals surface area (Å²) in [6.07, 6.45) is 7.88. The first-order valence-corrected chi connectivity index (χ1v) is 14.3. The van der Waals surface area contributed by atoms with Gasteiger partial charge in [-0.3, -0.25) is 0 Å². The molecule has 206 valence electrons. The monoisotopic (exact) mass is 518 g/mol. The molecular weight excluding hydrogens is 472 g/mol. The van der Waals surface area contributed by atoms with Crippen molar-refractivity contribution in [3.05, 3.63) is 96.1 Å². The topological polar surface area (TPSA) is 36.9 Å². The van der Waals surface area contributed by atoms with Crippen molar-refractivity contribution in [3.8, 4) is 0 Å². The molecule has 2 aromatic rings. The zero-order valence-corrected chi connectivity index (χ0v) is 23.7. The Morgan fingerprint density at radius 1 is 1.03 bits per heavy atom. The summed E-state index contributed by atoms with van der Waals surface area (Å²) in [5, 5.41) is 0. The fourth-order valence-electron chi connectivity index (χ4n) is 5.95. The summed E-state index contributed by atoms with van der Waals surface area (Å²) in [7, 11) is 0. The van der Waals surface area contributed by atoms with Crippen molar-refractivity contribution in [2.75, 3.05) is 6.61 Å². The number of ether oxygens (including phenoxy) is 4. The quantitative estimate of drug-likeness (QED) is 0.253. The third-order valence-electron chi connectivity index (χ3n) is 7.48. The molecule has 0 aliphatic carbocycles. The van der Waals surface area contributed by atoms with Gasteiger partial charge in [0.1, 0.15) is 12.2 Å². The lowest BCUT2D eigenvalue weighted by Gasteiger charge is -2.53. The normalized spacial score (nSPS) is 28.7. The van der Waals surface area contributed by atoms with Gasteiger partial charge in [0.25, 0.3) is 0 Å². The van der Waals surface area contributed by atoms with E-state index in [1.807, 2.05) is 12.1 Å². The molecule has 0 saturated carbocycles. The maximum Gasteiger partial charge on any atom is 0.173 e. The standard InChI is InChI=1S/C34H46O4/c1-25(2)20-34-21-27(4)19-32(38-34)33(36-24-30-14-10-7-11-15-30)31(37-34)17-16-26(3)18-28(5)22-35-23-29-12-8-6-9-13-29/h6-17,26-28,31-33H,1,18-24H2,2-5H3/b17-16+/t26-,27+,28-,31+,32-,33+,34+/m1/s1. The van der Waals surface area contributed by atoms with E-state index in [-0.39, 0.29) is 18.3 Å². The van der Waals surface area contributed by atoms with Crippen LogP contribution in [-0.4, -0.2) is 30.7 Å². The summed E-state index contributed by atoms with van der Waals surface area (Å²) in [5.74, 6) is 0.769. The largest absolute Gasteiger partial charge is 0.376 e. The van der Waals surface area contributed by atoms with Gasteiger partial charge in [0.05, 0.1) is 19.3 Å². The first-order valence-electron chi connectivity index (χ1n) is 14.3. The van der Waals surface area contributed by atoms with Crippen LogP contribution < -0.4 is 0 Å². The van der Waals surface area contributed by atoms with E-state index in [1.165, 1.54) is 5.56 Å². The zero-order valence-electron chi connectivity index (χ0n) is 23.7. The first-order chi connectivity index (χ1) is 18.3. The zero-order chi connectivity index (χ0) is 27.0. The second kappa shape index (κ2) is 13.7. The lowest BCUT2D eigenvalue weighted by molar-refractivity contribution is -0.367. The van der Waals surface area contributed by atoms with E-state index in [2.05, 4.69) is 95.0 Å². The maximum absolute atomic E-state index is 6.78. The van der Waals surface area contributed by atoms with Crippen LogP contribution in [0.4, 0.5) is 0 Å². The Bertz CT molecular complexity index is 1020. The van der Waals surface area contributed by atoms with Gasteiger partial charge in [-0.15, -0.1) is 0 Å². The molecule has 0 radical (unpaired) electrons. The number of benzene rings is 2. The molecular formula is C34H46O4. The first kappa shape index (κ1) is 28.8. The van der Waals surface area contributed by atoms with E-state index in [0.717, 1.165) is 43.4 Å². The second-order valence-corrected chi connectivity index (χ2v) is 11.8. The number of allylic oxidation sites excluding steroid dienone is 1. The fraction of sp³-hybridized carbons (Fsp3) is 0.529. The van der Waals surface area contributed by atoms with E-state index >= 15 is 0 Å². The molecule has 0 unspecified atom stereocenters. The average molecular weight is 519 g/mol. The van der Waals surface area contributed by atoms with Crippen LogP contribution in [-0.2, 0) is 32.2 Å². The Balaban J connectivity index is 1.39. The van der Waals surface area contributed by atoms with E-state index in [4.69, 9.17) is 18.9 Å². The van der Waals surface area contributed by atoms with Crippen molar-refractivity contribution in [3.63, 3.8) is 0 Å². The fourth-order valence-corrected chi connectivity index (χ4v) is 5.95. The summed E-state index contributed by atoms with van der Waals surface area (Å²) >= 11 is 0. The molecule has 2 bridgehead atoms. The SMILES string of the molecule is C=C(C)C[C@@]12C[C@@H](C)C[C@@H](O1)[C@@H](OCc1ccccc1)[C@H](/C=C/[C@@H](C)C[C@@H](C)COCc1ccccc1)O2. The molecule has 4 heteroatoms. The highest BCUT2D eigenvalue weighted by Crippen LogP contribution is 2.45. The van der Waals surface area contributed by atoms with Crippen LogP contribution in [0.2, 0.25) is 0 Å². The van der Waals surface area contributed by atoms with Crippen LogP contribution >= 0.6 is 0 Å². The highest BCUT2D eigenvalue weighted by molar-refractivity contribution is 5.15. The molecule has 38 heavy (non-hydrogen) atoms. The van der Waals surface area contributed by atoms with Crippen LogP contribution in [0.15, 0.2) is 85.0 Å². The Hall–Kier alpha value is -2.24. The third kappa shape index (κ3) is 8.38. The van der Waals surface area contributed by atoms with E-state index < -0.39 is 5.79 Å². The van der Waals surface area contributed by atoms with Gasteiger partial charge in [-0.25, -0.2) is 0 Å².